The molecule has 1 aromatic carbocycles. The van der Waals surface area contributed by atoms with Gasteiger partial charge in [-0.15, -0.1) is 0 Å². The van der Waals surface area contributed by atoms with Gasteiger partial charge in [0.05, 0.1) is 37.8 Å². The lowest BCUT2D eigenvalue weighted by Crippen LogP contribution is -2.71. The van der Waals surface area contributed by atoms with Gasteiger partial charge < -0.3 is 55.8 Å². The van der Waals surface area contributed by atoms with Crippen molar-refractivity contribution in [2.75, 3.05) is 6.54 Å². The van der Waals surface area contributed by atoms with Crippen LogP contribution in [0.3, 0.4) is 0 Å². The number of aliphatic hydroxyl groups is 4. The number of esters is 1. The molecule has 4 amide bonds. The molecule has 0 saturated carbocycles. The van der Waals surface area contributed by atoms with E-state index in [4.69, 9.17) is 10.8 Å². The number of ketones is 1. The fraction of sp³-hybridized carbons (Fsp3) is 0.667. The summed E-state index contributed by atoms with van der Waals surface area (Å²) in [6.07, 6.45) is 8.54. The van der Waals surface area contributed by atoms with E-state index in [9.17, 15) is 54.3 Å². The van der Waals surface area contributed by atoms with Crippen molar-refractivity contribution in [2.24, 2.45) is 47.3 Å². The zero-order valence-electron chi connectivity index (χ0n) is 48.5. The summed E-state index contributed by atoms with van der Waals surface area (Å²) in [5.41, 5.74) is 3.01. The van der Waals surface area contributed by atoms with Crippen LogP contribution in [0.2, 0.25) is 0 Å². The first-order valence-electron chi connectivity index (χ1n) is 28.8. The Morgan fingerprint density at radius 3 is 2.40 bits per heavy atom. The van der Waals surface area contributed by atoms with Crippen LogP contribution in [0.4, 0.5) is 0 Å². The summed E-state index contributed by atoms with van der Waals surface area (Å²) in [7, 11) is 0. The number of phenolic OH excluding ortho intramolecular Hbond substituents is 1. The second kappa shape index (κ2) is 29.3. The predicted octanol–water partition coefficient (Wildman–Crippen LogP) is 5.41. The van der Waals surface area contributed by atoms with Crippen LogP contribution >= 0.6 is 0 Å². The lowest BCUT2D eigenvalue weighted by Gasteiger charge is -2.56. The monoisotopic (exact) mass is 1090 g/mol. The minimum Gasteiger partial charge on any atom is -0.508 e. The fourth-order valence-corrected chi connectivity index (χ4v) is 11.2. The van der Waals surface area contributed by atoms with E-state index >= 15 is 0 Å². The number of ether oxygens (including phenoxy) is 2. The van der Waals surface area contributed by atoms with Gasteiger partial charge in [0.1, 0.15) is 41.5 Å². The number of benzene rings is 1. The van der Waals surface area contributed by atoms with Crippen LogP contribution < -0.4 is 21.4 Å². The number of Topliss-reactive ketones (excluding diaryl/α,β-unsaturated/α-hetero) is 1. The van der Waals surface area contributed by atoms with Gasteiger partial charge in [-0.2, -0.15) is 0 Å². The largest absolute Gasteiger partial charge is 0.508 e. The molecule has 0 radical (unpaired) electrons. The van der Waals surface area contributed by atoms with E-state index in [1.165, 1.54) is 30.1 Å². The molecule has 4 aliphatic heterocycles. The molecule has 1 spiro atoms. The quantitative estimate of drug-likeness (QED) is 0.0786. The van der Waals surface area contributed by atoms with Crippen LogP contribution in [-0.2, 0) is 44.7 Å². The molecule has 18 nitrogen and oxygen atoms in total. The third kappa shape index (κ3) is 16.7. The van der Waals surface area contributed by atoms with Gasteiger partial charge in [0.2, 0.25) is 17.7 Å². The number of hydrazine groups is 1. The van der Waals surface area contributed by atoms with Crippen molar-refractivity contribution in [1.82, 2.24) is 26.4 Å². The molecule has 5 rings (SSSR count). The van der Waals surface area contributed by atoms with Gasteiger partial charge in [0.25, 0.3) is 5.91 Å². The van der Waals surface area contributed by atoms with Gasteiger partial charge in [-0.1, -0.05) is 110 Å². The Kier molecular flexibility index (Phi) is 23.3. The summed E-state index contributed by atoms with van der Waals surface area (Å²) in [5.74, 6) is -7.54. The Hall–Kier alpha value is -5.24. The molecule has 0 aliphatic carbocycles. The third-order valence-corrected chi connectivity index (χ3v) is 16.7. The lowest BCUT2D eigenvalue weighted by molar-refractivity contribution is -0.267. The molecule has 0 unspecified atom stereocenters. The average molecular weight is 1090 g/mol. The van der Waals surface area contributed by atoms with E-state index in [0.717, 1.165) is 0 Å². The van der Waals surface area contributed by atoms with Gasteiger partial charge in [0.15, 0.2) is 0 Å². The number of nitrogens with one attached hydrogen (secondary N) is 4. The number of aromatic hydroxyl groups is 1. The first-order valence-corrected chi connectivity index (χ1v) is 28.3. The molecule has 18 heteroatoms. The third-order valence-electron chi connectivity index (χ3n) is 16.7. The van der Waals surface area contributed by atoms with E-state index in [1.54, 1.807) is 65.0 Å². The highest BCUT2D eigenvalue weighted by atomic mass is 16.5. The molecule has 3 saturated heterocycles. The van der Waals surface area contributed by atoms with Crippen LogP contribution in [0.1, 0.15) is 140 Å². The molecule has 434 valence electrons. The van der Waals surface area contributed by atoms with Crippen LogP contribution in [0.15, 0.2) is 72.4 Å². The Bertz CT molecular complexity index is 2390. The van der Waals surface area contributed by atoms with Crippen molar-refractivity contribution in [3.05, 3.63) is 77.9 Å². The number of carbonyl (C=O) groups is 6. The summed E-state index contributed by atoms with van der Waals surface area (Å²) in [6.45, 7) is 17.7. The molecule has 3 fully saturated rings. The van der Waals surface area contributed by atoms with Crippen molar-refractivity contribution in [3.8, 4) is 5.75 Å². The highest BCUT2D eigenvalue weighted by molar-refractivity contribution is 5.93. The summed E-state index contributed by atoms with van der Waals surface area (Å²) in [5, 5.41) is 66.1. The summed E-state index contributed by atoms with van der Waals surface area (Å²) < 4.78 is 21.9. The Morgan fingerprint density at radius 1 is 0.987 bits per heavy atom. The van der Waals surface area contributed by atoms with E-state index in [-0.39, 0.29) is 73.8 Å². The number of hydrogen-bond donors (Lipinski definition) is 9. The number of allylic oxidation sites excluding steroid dienone is 5. The first kappa shape index (κ1) is 62.0. The van der Waals surface area contributed by atoms with E-state index in [1.807, 2.05) is 45.9 Å². The molecular formula is C60H91N5O13. The average Bonchev–Trinajstić information content (AvgIpc) is 3.42. The Labute approximate surface area is 463 Å². The predicted molar refractivity (Wildman–Crippen MR) is 295 cm³/mol. The molecule has 1 aromatic rings. The maximum absolute atomic E-state index is 14.5. The summed E-state index contributed by atoms with van der Waals surface area (Å²) in [4.78, 5) is 82.2. The molecule has 4 heterocycles. The molecular weight excluding hydrogens is 999 g/mol. The zero-order valence-corrected chi connectivity index (χ0v) is 47.5. The molecule has 78 heavy (non-hydrogen) atoms. The number of phenols is 1. The zero-order chi connectivity index (χ0) is 58.5. The van der Waals surface area contributed by atoms with Gasteiger partial charge in [-0.3, -0.25) is 29.0 Å². The maximum Gasteiger partial charge on any atom is 0.325 e. The number of rotatable bonds is 15. The Morgan fingerprint density at radius 2 is 1.72 bits per heavy atom. The van der Waals surface area contributed by atoms with Gasteiger partial charge in [0, 0.05) is 61.8 Å². The van der Waals surface area contributed by atoms with Crippen LogP contribution in [-0.4, -0.2) is 133 Å². The summed E-state index contributed by atoms with van der Waals surface area (Å²) >= 11 is 0. The van der Waals surface area contributed by atoms with Crippen LogP contribution in [0.5, 0.6) is 5.75 Å². The van der Waals surface area contributed by atoms with Crippen LogP contribution in [0, 0.1) is 47.3 Å². The fourth-order valence-electron chi connectivity index (χ4n) is 11.2. The van der Waals surface area contributed by atoms with Crippen molar-refractivity contribution in [2.45, 2.75) is 200 Å². The highest BCUT2D eigenvalue weighted by Crippen LogP contribution is 2.46. The number of carbonyl (C=O) groups excluding carboxylic acids is 6. The molecule has 17 atom stereocenters. The first-order chi connectivity index (χ1) is 37.2. The van der Waals surface area contributed by atoms with Gasteiger partial charge >= 0.3 is 5.97 Å². The van der Waals surface area contributed by atoms with E-state index in [2.05, 4.69) is 21.4 Å². The molecule has 0 aromatic heterocycles. The number of nitrogens with zero attached hydrogens (tertiary/aromatic N) is 1. The SMILES string of the molecule is [3H][C@]1(O)[C@@H](C)[C@H](C[C@H](O)[C@@H](C)CC/C=C/C=C(\C)[C@@H]2C/C=C/C=C/[C@H](O)[C@H](C)[C@@H](O)[C@@H](CCC(C)=O)C(=O)N[C@@H](C(C)C)C(=O)N[C@@H](Cc3cccc(O)c3)C(=O)N3CCC[C@H](N3)C(=O)O2)O[C@@]2(NC(=O)[C@@H](CC)C[C@@H]2C)[C@H]1C. The standard InChI is InChI=1S/C60H91N5O13/c1-11-43-30-37(6)60(63-55(43)72)41(10)53(70)40(9)51(78-60)33-49(69)35(4)20-14-12-15-21-36(5)50-26-17-13-16-25-48(68)39(8)54(71)45(28-27-38(7)66)56(73)62-52(34(2)3)57(74)61-47(32-42-22-18-23-44(67)31-42)58(75)65-29-19-24-46(64-65)59(76)77-50/h12-13,15-18,21-23,25,31,34-35,37,39-41,43,45-54,64,67-71H,11,14,19-20,24,26-30,32-33H2,1-10H3,(H,61,74)(H,62,73)(H,63,72)/b15-12+,17-13+,25-16+,36-21+/t35-,37-,39-,40-,41-,43-,45+,46-,47-,48-,49-,50-,51-,52-,53-,54+,60+/m0/s1/i53T. The molecule has 9 N–H and O–H groups in total. The number of fused-ring (bicyclic) bond motifs is 2. The van der Waals surface area contributed by atoms with Crippen molar-refractivity contribution < 1.29 is 65.1 Å². The number of hydrogen-bond acceptors (Lipinski definition) is 14. The second-order valence-corrected chi connectivity index (χ2v) is 23.0. The van der Waals surface area contributed by atoms with Crippen molar-refractivity contribution in [1.29, 1.82) is 0 Å². The van der Waals surface area contributed by atoms with E-state index < -0.39 is 114 Å². The van der Waals surface area contributed by atoms with Crippen LogP contribution in [0.25, 0.3) is 0 Å². The second-order valence-electron chi connectivity index (χ2n) is 23.0. The van der Waals surface area contributed by atoms with E-state index in [0.29, 0.717) is 49.7 Å². The van der Waals surface area contributed by atoms with Crippen molar-refractivity contribution in [3.63, 3.8) is 0 Å². The summed E-state index contributed by atoms with van der Waals surface area (Å²) in [6, 6.07) is 2.85. The highest BCUT2D eigenvalue weighted by Gasteiger charge is 2.57. The Balaban J connectivity index is 1.35. The van der Waals surface area contributed by atoms with Gasteiger partial charge in [-0.05, 0) is 93.9 Å². The van der Waals surface area contributed by atoms with Gasteiger partial charge in [-0.25, -0.2) is 5.43 Å². The minimum atomic E-state index is -1.91. The minimum absolute atomic E-state index is 0.0424. The lowest BCUT2D eigenvalue weighted by atomic mass is 9.69. The van der Waals surface area contributed by atoms with Crippen molar-refractivity contribution >= 4 is 35.4 Å². The molecule has 2 bridgehead atoms. The number of piperidine rings is 1. The number of cyclic esters (lactones) is 1. The number of aliphatic hydroxyl groups excluding tert-OH is 3. The molecule has 4 aliphatic rings. The maximum atomic E-state index is 14.5. The normalized spacial score (nSPS) is 36.1. The smallest absolute Gasteiger partial charge is 0.325 e. The number of amides is 4. The topological polar surface area (TPSA) is 273 Å².